The lowest BCUT2D eigenvalue weighted by molar-refractivity contribution is -0.142. The number of nitrogens with zero attached hydrogens (tertiary/aromatic N) is 1. The number of para-hydroxylation sites is 1. The van der Waals surface area contributed by atoms with Crippen molar-refractivity contribution in [2.75, 3.05) is 26.7 Å². The highest BCUT2D eigenvalue weighted by molar-refractivity contribution is 5.99. The lowest BCUT2D eigenvalue weighted by Gasteiger charge is -2.30. The number of aliphatic hydroxyl groups is 2. The molecular weight excluding hydrogens is 1150 g/mol. The highest BCUT2D eigenvalue weighted by Crippen LogP contribution is 2.28. The van der Waals surface area contributed by atoms with Gasteiger partial charge in [0.25, 0.3) is 0 Å². The molecule has 1 saturated heterocycles. The van der Waals surface area contributed by atoms with E-state index in [0.717, 1.165) is 42.0 Å². The third kappa shape index (κ3) is 22.7. The SMILES string of the molecule is CNC(=N)NCCC[C@H](NC(=O)[C@H](CC(C)(C)C)NC(=O)CNC(=O)[C@H](CC1CCCCC1)NC(=O)[C@@H](NC(=O)[C@H](CC(N)=O)NC(=O)[C@@H]1C[C@@H](O)CN1C(=O)[C@@H](Cc1ccc(O)cc1)NC(C)=O)[C@@H](C)O)C(=O)N[C@@H](Cc1c[nH]c2ccccc12)C(N)=O. The number of fused-ring (bicyclic) bond motifs is 1. The molecule has 488 valence electrons. The Morgan fingerprint density at radius 1 is 0.742 bits per heavy atom. The van der Waals surface area contributed by atoms with Gasteiger partial charge in [-0.1, -0.05) is 83.2 Å². The zero-order valence-corrected chi connectivity index (χ0v) is 51.3. The summed E-state index contributed by atoms with van der Waals surface area (Å²) in [6, 6.07) is 1.81. The second-order valence-electron chi connectivity index (χ2n) is 24.2. The van der Waals surface area contributed by atoms with Crippen molar-refractivity contribution < 1.29 is 68.1 Å². The number of nitrogens with one attached hydrogen (secondary N) is 12. The molecule has 3 aromatic rings. The number of hydrogen-bond acceptors (Lipinski definition) is 15. The minimum absolute atomic E-state index is 0.0174. The fourth-order valence-electron chi connectivity index (χ4n) is 10.9. The molecule has 1 aromatic heterocycles. The third-order valence-corrected chi connectivity index (χ3v) is 15.4. The van der Waals surface area contributed by atoms with Crippen molar-refractivity contribution in [2.45, 2.75) is 179 Å². The van der Waals surface area contributed by atoms with Gasteiger partial charge in [0.1, 0.15) is 54.1 Å². The normalized spacial score (nSPS) is 17.8. The van der Waals surface area contributed by atoms with Crippen molar-refractivity contribution in [3.8, 4) is 5.75 Å². The maximum Gasteiger partial charge on any atom is 0.246 e. The van der Waals surface area contributed by atoms with Crippen molar-refractivity contribution in [3.63, 3.8) is 0 Å². The predicted molar refractivity (Wildman–Crippen MR) is 326 cm³/mol. The summed E-state index contributed by atoms with van der Waals surface area (Å²) in [5.74, 6) is -9.76. The number of guanidine groups is 1. The summed E-state index contributed by atoms with van der Waals surface area (Å²) in [5, 5.41) is 66.1. The number of phenolic OH excluding ortho intramolecular Hbond substituents is 1. The van der Waals surface area contributed by atoms with Crippen LogP contribution in [0.5, 0.6) is 5.75 Å². The van der Waals surface area contributed by atoms with E-state index >= 15 is 0 Å². The monoisotopic (exact) mass is 1240 g/mol. The van der Waals surface area contributed by atoms with Crippen LogP contribution in [0.4, 0.5) is 0 Å². The second-order valence-corrected chi connectivity index (χ2v) is 24.2. The number of hydrogen-bond donors (Lipinski definition) is 17. The number of phenols is 1. The smallest absolute Gasteiger partial charge is 0.246 e. The van der Waals surface area contributed by atoms with Crippen molar-refractivity contribution in [3.05, 3.63) is 65.9 Å². The Kier molecular flexibility index (Phi) is 26.7. The number of primary amides is 2. The Balaban J connectivity index is 1.28. The van der Waals surface area contributed by atoms with Gasteiger partial charge in [0.2, 0.25) is 65.0 Å². The van der Waals surface area contributed by atoms with E-state index in [4.69, 9.17) is 16.9 Å². The van der Waals surface area contributed by atoms with Gasteiger partial charge in [0, 0.05) is 63.4 Å². The Morgan fingerprint density at radius 3 is 2.01 bits per heavy atom. The predicted octanol–water partition coefficient (Wildman–Crippen LogP) is -2.18. The molecule has 0 radical (unpaired) electrons. The van der Waals surface area contributed by atoms with E-state index in [0.29, 0.717) is 24.0 Å². The zero-order valence-electron chi connectivity index (χ0n) is 51.3. The standard InChI is InChI=1S/C60H89N15O14/c1-32(76)50(74-54(85)44(27-48(61)80)72-56(87)47-26-38(79)31-75(47)58(89)45(68-33(2)77)24-35-18-20-37(78)21-19-35)57(88)73-43(23-34-13-8-7-9-14-34)52(83)67-30-49(81)69-46(28-60(3,4)5)55(86)70-41(17-12-22-65-59(63)64-6)53(84)71-42(51(62)82)25-36-29-66-40-16-11-10-15-39(36)40/h10-11,15-16,18-21,29,32,34,38,41-47,50,66,76,78-79H,7-9,12-14,17,22-28,30-31H2,1-6H3,(H2,61,80)(H2,62,82)(H,67,83)(H,68,77)(H,69,81)(H,70,86)(H,71,84)(H,72,87)(H,73,88)(H,74,85)(H3,63,64,65)/t32-,38-,41+,42+,43+,44+,45-,46+,47+,50+/m1/s1. The first-order valence-electron chi connectivity index (χ1n) is 30.0. The summed E-state index contributed by atoms with van der Waals surface area (Å²) in [7, 11) is 1.55. The number of aromatic amines is 1. The molecule has 29 nitrogen and oxygen atoms in total. The first-order valence-corrected chi connectivity index (χ1v) is 30.0. The Bertz CT molecular complexity index is 3000. The molecule has 0 spiro atoms. The molecule has 29 heteroatoms. The van der Waals surface area contributed by atoms with Gasteiger partial charge < -0.3 is 89.8 Å². The number of aromatic hydroxyl groups is 1. The van der Waals surface area contributed by atoms with Gasteiger partial charge in [-0.25, -0.2) is 0 Å². The van der Waals surface area contributed by atoms with Crippen LogP contribution in [-0.4, -0.2) is 183 Å². The molecule has 2 heterocycles. The van der Waals surface area contributed by atoms with Crippen molar-refractivity contribution >= 4 is 81.8 Å². The number of nitrogens with two attached hydrogens (primary N) is 2. The van der Waals surface area contributed by atoms with Crippen LogP contribution in [0.3, 0.4) is 0 Å². The first kappa shape index (κ1) is 70.9. The summed E-state index contributed by atoms with van der Waals surface area (Å²) < 4.78 is 0. The van der Waals surface area contributed by atoms with Gasteiger partial charge in [-0.3, -0.25) is 58.1 Å². The minimum Gasteiger partial charge on any atom is -0.508 e. The van der Waals surface area contributed by atoms with Crippen LogP contribution in [0.2, 0.25) is 0 Å². The van der Waals surface area contributed by atoms with Gasteiger partial charge in [-0.2, -0.15) is 0 Å². The van der Waals surface area contributed by atoms with Crippen molar-refractivity contribution in [2.24, 2.45) is 22.8 Å². The molecular formula is C60H89N15O14. The molecule has 2 fully saturated rings. The number of aliphatic hydroxyl groups excluding tert-OH is 2. The number of amides is 11. The Labute approximate surface area is 516 Å². The highest BCUT2D eigenvalue weighted by atomic mass is 16.3. The maximum absolute atomic E-state index is 14.3. The van der Waals surface area contributed by atoms with Gasteiger partial charge in [-0.05, 0) is 73.3 Å². The van der Waals surface area contributed by atoms with E-state index in [2.05, 4.69) is 58.2 Å². The quantitative estimate of drug-likeness (QED) is 0.0185. The van der Waals surface area contributed by atoms with Crippen LogP contribution < -0.4 is 64.6 Å². The number of benzene rings is 2. The van der Waals surface area contributed by atoms with Crippen LogP contribution >= 0.6 is 0 Å². The number of likely N-dealkylation sites (tertiary alicyclic amines) is 1. The van der Waals surface area contributed by atoms with E-state index in [1.165, 1.54) is 31.2 Å². The molecule has 0 unspecified atom stereocenters. The third-order valence-electron chi connectivity index (χ3n) is 15.4. The van der Waals surface area contributed by atoms with Gasteiger partial charge in [0.05, 0.1) is 25.2 Å². The highest BCUT2D eigenvalue weighted by Gasteiger charge is 2.43. The second kappa shape index (κ2) is 33.5. The summed E-state index contributed by atoms with van der Waals surface area (Å²) in [5.41, 5.74) is 12.8. The maximum atomic E-state index is 14.3. The first-order chi connectivity index (χ1) is 42.0. The van der Waals surface area contributed by atoms with Crippen molar-refractivity contribution in [1.82, 2.24) is 63.1 Å². The largest absolute Gasteiger partial charge is 0.508 e. The minimum atomic E-state index is -1.83. The van der Waals surface area contributed by atoms with E-state index in [9.17, 15) is 68.1 Å². The van der Waals surface area contributed by atoms with Gasteiger partial charge >= 0.3 is 0 Å². The molecule has 0 bridgehead atoms. The summed E-state index contributed by atoms with van der Waals surface area (Å²) in [6.07, 6.45) is 2.05. The average Bonchev–Trinajstić information content (AvgIpc) is 3.84. The molecule has 19 N–H and O–H groups in total. The fraction of sp³-hybridized carbons (Fsp3) is 0.567. The number of H-pyrrole nitrogens is 1. The number of carbonyl (C=O) groups is 11. The zero-order chi connectivity index (χ0) is 65.7. The van der Waals surface area contributed by atoms with E-state index < -0.39 is 144 Å². The Morgan fingerprint density at radius 2 is 1.38 bits per heavy atom. The molecule has 1 aliphatic carbocycles. The number of carbonyl (C=O) groups excluding carboxylic acids is 11. The molecule has 1 saturated carbocycles. The topological polar surface area (TPSA) is 464 Å². The Hall–Kier alpha value is -8.86. The summed E-state index contributed by atoms with van der Waals surface area (Å²) in [6.45, 7) is 6.97. The number of β-amino-alcohol motifs (C(OH)–C–C–N with tert-alkyl or cyclic N) is 1. The molecule has 1 aliphatic heterocycles. The molecule has 89 heavy (non-hydrogen) atoms. The molecule has 11 amide bonds. The lowest BCUT2D eigenvalue weighted by Crippen LogP contribution is -2.61. The average molecular weight is 1240 g/mol. The lowest BCUT2D eigenvalue weighted by atomic mass is 9.84. The van der Waals surface area contributed by atoms with E-state index in [1.54, 1.807) is 13.2 Å². The molecule has 2 aliphatic rings. The molecule has 2 aromatic carbocycles. The number of aromatic nitrogens is 1. The fourth-order valence-corrected chi connectivity index (χ4v) is 10.9. The van der Waals surface area contributed by atoms with E-state index in [-0.39, 0.29) is 75.7 Å². The van der Waals surface area contributed by atoms with Crippen LogP contribution in [0.15, 0.2) is 54.7 Å². The van der Waals surface area contributed by atoms with Gasteiger partial charge in [0.15, 0.2) is 5.96 Å². The van der Waals surface area contributed by atoms with Crippen LogP contribution in [0.1, 0.15) is 116 Å². The van der Waals surface area contributed by atoms with Crippen LogP contribution in [0, 0.1) is 16.7 Å². The summed E-state index contributed by atoms with van der Waals surface area (Å²) in [4.78, 5) is 154. The molecule has 10 atom stereocenters. The van der Waals surface area contributed by atoms with Crippen LogP contribution in [0.25, 0.3) is 10.9 Å². The van der Waals surface area contributed by atoms with Gasteiger partial charge in [-0.15, -0.1) is 0 Å². The van der Waals surface area contributed by atoms with Crippen molar-refractivity contribution in [1.29, 1.82) is 5.41 Å². The van der Waals surface area contributed by atoms with E-state index in [1.807, 2.05) is 45.0 Å². The number of rotatable bonds is 31. The van der Waals surface area contributed by atoms with Crippen LogP contribution in [-0.2, 0) is 65.6 Å². The molecule has 5 rings (SSSR count). The summed E-state index contributed by atoms with van der Waals surface area (Å²) >= 11 is 0.